The Morgan fingerprint density at radius 1 is 1.50 bits per heavy atom. The van der Waals surface area contributed by atoms with Crippen LogP contribution >= 0.6 is 11.6 Å². The van der Waals surface area contributed by atoms with Crippen LogP contribution in [0, 0.1) is 5.92 Å². The normalized spacial score (nSPS) is 12.9. The summed E-state index contributed by atoms with van der Waals surface area (Å²) in [6.45, 7) is 1.51. The van der Waals surface area contributed by atoms with Gasteiger partial charge in [0.2, 0.25) is 10.0 Å². The lowest BCUT2D eigenvalue weighted by Gasteiger charge is -2.12. The summed E-state index contributed by atoms with van der Waals surface area (Å²) >= 11 is 5.86. The number of aliphatic carboxylic acids is 1. The maximum Gasteiger partial charge on any atom is 0.307 e. The Kier molecular flexibility index (Phi) is 5.79. The maximum atomic E-state index is 12.0. The number of carboxylic acid groups (broad SMARTS) is 1. The molecule has 0 aliphatic carbocycles. The quantitative estimate of drug-likeness (QED) is 0.798. The molecule has 0 spiro atoms. The van der Waals surface area contributed by atoms with E-state index in [-0.39, 0.29) is 16.5 Å². The van der Waals surface area contributed by atoms with Gasteiger partial charge in [-0.05, 0) is 24.6 Å². The van der Waals surface area contributed by atoms with Crippen molar-refractivity contribution in [3.8, 4) is 5.75 Å². The Morgan fingerprint density at radius 3 is 2.60 bits per heavy atom. The molecule has 0 saturated carbocycles. The number of halogens is 1. The van der Waals surface area contributed by atoms with Gasteiger partial charge in [-0.2, -0.15) is 0 Å². The summed E-state index contributed by atoms with van der Waals surface area (Å²) in [5, 5.41) is 9.05. The molecule has 2 N–H and O–H groups in total. The van der Waals surface area contributed by atoms with Crippen LogP contribution in [-0.4, -0.2) is 33.1 Å². The number of carboxylic acids is 1. The van der Waals surface area contributed by atoms with Gasteiger partial charge in [0, 0.05) is 6.54 Å². The SMILES string of the molecule is CCC(CNS(=O)(=O)c1ccc(OC)c(Cl)c1)C(=O)O. The summed E-state index contributed by atoms with van der Waals surface area (Å²) in [5.74, 6) is -1.44. The zero-order valence-electron chi connectivity index (χ0n) is 11.1. The summed E-state index contributed by atoms with van der Waals surface area (Å²) in [6.07, 6.45) is 0.335. The minimum absolute atomic E-state index is 0.0384. The number of methoxy groups -OCH3 is 1. The number of sulfonamides is 1. The fourth-order valence-electron chi connectivity index (χ4n) is 1.51. The third-order valence-corrected chi connectivity index (χ3v) is 4.51. The molecule has 1 rings (SSSR count). The van der Waals surface area contributed by atoms with Crippen molar-refractivity contribution < 1.29 is 23.1 Å². The molecule has 6 nitrogen and oxygen atoms in total. The lowest BCUT2D eigenvalue weighted by Crippen LogP contribution is -2.32. The van der Waals surface area contributed by atoms with Crippen LogP contribution in [0.25, 0.3) is 0 Å². The van der Waals surface area contributed by atoms with Gasteiger partial charge in [-0.25, -0.2) is 13.1 Å². The van der Waals surface area contributed by atoms with Crippen LogP contribution in [0.4, 0.5) is 0 Å². The highest BCUT2D eigenvalue weighted by Gasteiger charge is 2.21. The number of ether oxygens (including phenoxy) is 1. The molecule has 0 fully saturated rings. The van der Waals surface area contributed by atoms with Gasteiger partial charge >= 0.3 is 5.97 Å². The highest BCUT2D eigenvalue weighted by atomic mass is 35.5. The first-order chi connectivity index (χ1) is 9.31. The molecule has 0 radical (unpaired) electrons. The standard InChI is InChI=1S/C12H16ClNO5S/c1-3-8(12(15)16)7-14-20(17,18)9-4-5-11(19-2)10(13)6-9/h4-6,8,14H,3,7H2,1-2H3,(H,15,16). The Labute approximate surface area is 122 Å². The van der Waals surface area contributed by atoms with E-state index in [1.165, 1.54) is 25.3 Å². The molecule has 20 heavy (non-hydrogen) atoms. The lowest BCUT2D eigenvalue weighted by molar-refractivity contribution is -0.141. The molecule has 1 unspecified atom stereocenters. The van der Waals surface area contributed by atoms with E-state index in [9.17, 15) is 13.2 Å². The van der Waals surface area contributed by atoms with Crippen molar-refractivity contribution in [1.29, 1.82) is 0 Å². The molecule has 0 aliphatic rings. The van der Waals surface area contributed by atoms with Crippen molar-refractivity contribution in [1.82, 2.24) is 4.72 Å². The van der Waals surface area contributed by atoms with Gasteiger partial charge < -0.3 is 9.84 Å². The van der Waals surface area contributed by atoms with E-state index in [1.54, 1.807) is 6.92 Å². The average Bonchev–Trinajstić information content (AvgIpc) is 2.38. The summed E-state index contributed by atoms with van der Waals surface area (Å²) in [5.41, 5.74) is 0. The first kappa shape index (κ1) is 16.7. The molecule has 1 atom stereocenters. The minimum Gasteiger partial charge on any atom is -0.495 e. The number of rotatable bonds is 7. The summed E-state index contributed by atoms with van der Waals surface area (Å²) < 4.78 is 31.2. The van der Waals surface area contributed by atoms with E-state index in [0.29, 0.717) is 12.2 Å². The van der Waals surface area contributed by atoms with E-state index < -0.39 is 21.9 Å². The van der Waals surface area contributed by atoms with Crippen molar-refractivity contribution in [3.63, 3.8) is 0 Å². The van der Waals surface area contributed by atoms with Crippen LogP contribution in [0.5, 0.6) is 5.75 Å². The Bertz CT molecular complexity index is 588. The van der Waals surface area contributed by atoms with E-state index in [1.807, 2.05) is 0 Å². The topological polar surface area (TPSA) is 92.7 Å². The first-order valence-electron chi connectivity index (χ1n) is 5.87. The second-order valence-electron chi connectivity index (χ2n) is 4.09. The average molecular weight is 322 g/mol. The fourth-order valence-corrected chi connectivity index (χ4v) is 2.94. The number of carbonyl (C=O) groups is 1. The smallest absolute Gasteiger partial charge is 0.307 e. The third kappa shape index (κ3) is 4.09. The molecule has 0 saturated heterocycles. The molecule has 0 bridgehead atoms. The summed E-state index contributed by atoms with van der Waals surface area (Å²) in [7, 11) is -2.38. The van der Waals surface area contributed by atoms with Gasteiger partial charge in [-0.1, -0.05) is 18.5 Å². The number of benzene rings is 1. The molecule has 0 aliphatic heterocycles. The largest absolute Gasteiger partial charge is 0.495 e. The second kappa shape index (κ2) is 6.92. The van der Waals surface area contributed by atoms with Gasteiger partial charge in [0.25, 0.3) is 0 Å². The molecule has 8 heteroatoms. The molecule has 1 aromatic rings. The van der Waals surface area contributed by atoms with E-state index in [4.69, 9.17) is 21.4 Å². The molecule has 0 aromatic heterocycles. The molecule has 0 amide bonds. The van der Waals surface area contributed by atoms with Gasteiger partial charge in [0.15, 0.2) is 0 Å². The van der Waals surface area contributed by atoms with Gasteiger partial charge in [-0.15, -0.1) is 0 Å². The van der Waals surface area contributed by atoms with Gasteiger partial charge in [-0.3, -0.25) is 4.79 Å². The van der Waals surface area contributed by atoms with Crippen LogP contribution in [0.2, 0.25) is 5.02 Å². The highest BCUT2D eigenvalue weighted by Crippen LogP contribution is 2.26. The zero-order valence-corrected chi connectivity index (χ0v) is 12.7. The second-order valence-corrected chi connectivity index (χ2v) is 6.27. The van der Waals surface area contributed by atoms with Crippen molar-refractivity contribution in [2.24, 2.45) is 5.92 Å². The summed E-state index contributed by atoms with van der Waals surface area (Å²) in [6, 6.07) is 4.03. The number of hydrogen-bond donors (Lipinski definition) is 2. The molecule has 0 heterocycles. The van der Waals surface area contributed by atoms with Crippen molar-refractivity contribution in [3.05, 3.63) is 23.2 Å². The first-order valence-corrected chi connectivity index (χ1v) is 7.74. The molecular weight excluding hydrogens is 306 g/mol. The van der Waals surface area contributed by atoms with E-state index >= 15 is 0 Å². The Hall–Kier alpha value is -1.31. The molecule has 1 aromatic carbocycles. The predicted molar refractivity (Wildman–Crippen MR) is 74.6 cm³/mol. The van der Waals surface area contributed by atoms with Crippen LogP contribution in [-0.2, 0) is 14.8 Å². The zero-order chi connectivity index (χ0) is 15.3. The lowest BCUT2D eigenvalue weighted by atomic mass is 10.1. The number of hydrogen-bond acceptors (Lipinski definition) is 4. The van der Waals surface area contributed by atoms with Crippen LogP contribution in [0.1, 0.15) is 13.3 Å². The van der Waals surface area contributed by atoms with Gasteiger partial charge in [0.1, 0.15) is 5.75 Å². The monoisotopic (exact) mass is 321 g/mol. The minimum atomic E-state index is -3.80. The van der Waals surface area contributed by atoms with Gasteiger partial charge in [0.05, 0.1) is 22.9 Å². The maximum absolute atomic E-state index is 12.0. The number of nitrogens with one attached hydrogen (secondary N) is 1. The Morgan fingerprint density at radius 2 is 2.15 bits per heavy atom. The van der Waals surface area contributed by atoms with Crippen molar-refractivity contribution in [2.75, 3.05) is 13.7 Å². The van der Waals surface area contributed by atoms with Crippen LogP contribution in [0.3, 0.4) is 0 Å². The van der Waals surface area contributed by atoms with Crippen LogP contribution < -0.4 is 9.46 Å². The fraction of sp³-hybridized carbons (Fsp3) is 0.417. The predicted octanol–water partition coefficient (Wildman–Crippen LogP) is 1.74. The molecule has 112 valence electrons. The van der Waals surface area contributed by atoms with Crippen molar-refractivity contribution in [2.45, 2.75) is 18.2 Å². The van der Waals surface area contributed by atoms with E-state index in [2.05, 4.69) is 4.72 Å². The third-order valence-electron chi connectivity index (χ3n) is 2.80. The summed E-state index contributed by atoms with van der Waals surface area (Å²) in [4.78, 5) is 10.8. The molecular formula is C12H16ClNO5S. The van der Waals surface area contributed by atoms with E-state index in [0.717, 1.165) is 0 Å². The van der Waals surface area contributed by atoms with Crippen LogP contribution in [0.15, 0.2) is 23.1 Å². The van der Waals surface area contributed by atoms with Crippen molar-refractivity contribution >= 4 is 27.6 Å². The Balaban J connectivity index is 2.89. The highest BCUT2D eigenvalue weighted by molar-refractivity contribution is 7.89.